The minimum Gasteiger partial charge on any atom is -0.366 e. The highest BCUT2D eigenvalue weighted by atomic mass is 19.1. The molecule has 4 rings (SSSR count). The number of amides is 2. The van der Waals surface area contributed by atoms with Gasteiger partial charge in [0, 0.05) is 13.1 Å². The molecule has 0 spiro atoms. The fourth-order valence-electron chi connectivity index (χ4n) is 3.48. The summed E-state index contributed by atoms with van der Waals surface area (Å²) < 4.78 is 26.9. The van der Waals surface area contributed by atoms with Crippen LogP contribution in [0.2, 0.25) is 0 Å². The van der Waals surface area contributed by atoms with E-state index in [1.165, 1.54) is 42.5 Å². The first-order valence-corrected chi connectivity index (χ1v) is 8.46. The van der Waals surface area contributed by atoms with Crippen LogP contribution in [0.5, 0.6) is 0 Å². The Bertz CT molecular complexity index is 916. The molecule has 2 aromatic rings. The van der Waals surface area contributed by atoms with E-state index in [1.807, 2.05) is 4.90 Å². The number of benzene rings is 2. The molecule has 2 aliphatic heterocycles. The maximum Gasteiger partial charge on any atom is 0.282 e. The summed E-state index contributed by atoms with van der Waals surface area (Å²) in [5.74, 6) is -1.94. The second-order valence-corrected chi connectivity index (χ2v) is 6.35. The number of carbonyl (C=O) groups is 2. The standard InChI is InChI=1S/C20H16F2N2O2/c21-14-8-6-13(7-9-14)17-18(23-10-1-2-11-23)20(26)24(19(17)25)16-5-3-4-15(22)12-16/h3-9,12H,1-2,10-11H2. The van der Waals surface area contributed by atoms with Gasteiger partial charge in [0.1, 0.15) is 17.3 Å². The van der Waals surface area contributed by atoms with Crippen molar-refractivity contribution < 1.29 is 18.4 Å². The highest BCUT2D eigenvalue weighted by molar-refractivity contribution is 6.45. The molecule has 6 heteroatoms. The van der Waals surface area contributed by atoms with E-state index in [9.17, 15) is 18.4 Å². The summed E-state index contributed by atoms with van der Waals surface area (Å²) in [6.07, 6.45) is 1.86. The van der Waals surface area contributed by atoms with Crippen LogP contribution in [0, 0.1) is 11.6 Å². The zero-order valence-electron chi connectivity index (χ0n) is 13.9. The van der Waals surface area contributed by atoms with Crippen LogP contribution in [-0.4, -0.2) is 29.8 Å². The van der Waals surface area contributed by atoms with Gasteiger partial charge in [0.15, 0.2) is 0 Å². The molecule has 26 heavy (non-hydrogen) atoms. The summed E-state index contributed by atoms with van der Waals surface area (Å²) in [7, 11) is 0. The molecule has 0 bridgehead atoms. The van der Waals surface area contributed by atoms with Gasteiger partial charge in [-0.2, -0.15) is 0 Å². The van der Waals surface area contributed by atoms with E-state index in [4.69, 9.17) is 0 Å². The van der Waals surface area contributed by atoms with Gasteiger partial charge in [0.25, 0.3) is 11.8 Å². The number of rotatable bonds is 3. The predicted molar refractivity (Wildman–Crippen MR) is 93.0 cm³/mol. The lowest BCUT2D eigenvalue weighted by Crippen LogP contribution is -2.34. The van der Waals surface area contributed by atoms with Gasteiger partial charge < -0.3 is 4.90 Å². The van der Waals surface area contributed by atoms with Crippen molar-refractivity contribution in [3.05, 3.63) is 71.4 Å². The van der Waals surface area contributed by atoms with Crippen LogP contribution in [0.3, 0.4) is 0 Å². The third-order valence-corrected chi connectivity index (χ3v) is 4.68. The average Bonchev–Trinajstić information content (AvgIpc) is 3.22. The molecule has 0 radical (unpaired) electrons. The lowest BCUT2D eigenvalue weighted by atomic mass is 10.0. The highest BCUT2D eigenvalue weighted by Crippen LogP contribution is 2.36. The van der Waals surface area contributed by atoms with E-state index in [0.717, 1.165) is 23.8 Å². The largest absolute Gasteiger partial charge is 0.366 e. The van der Waals surface area contributed by atoms with Crippen molar-refractivity contribution in [1.29, 1.82) is 0 Å². The maximum atomic E-state index is 13.6. The molecule has 0 N–H and O–H groups in total. The molecule has 2 aliphatic rings. The van der Waals surface area contributed by atoms with E-state index >= 15 is 0 Å². The molecule has 0 unspecified atom stereocenters. The Morgan fingerprint density at radius 2 is 1.50 bits per heavy atom. The Balaban J connectivity index is 1.84. The summed E-state index contributed by atoms with van der Waals surface area (Å²) in [5.41, 5.74) is 1.21. The topological polar surface area (TPSA) is 40.6 Å². The molecule has 0 atom stereocenters. The first-order valence-electron chi connectivity index (χ1n) is 8.46. The molecule has 132 valence electrons. The van der Waals surface area contributed by atoms with Crippen LogP contribution in [0.25, 0.3) is 5.57 Å². The first kappa shape index (κ1) is 16.4. The minimum atomic E-state index is -0.527. The Hall–Kier alpha value is -3.02. The van der Waals surface area contributed by atoms with Crippen molar-refractivity contribution in [3.63, 3.8) is 0 Å². The molecular formula is C20H16F2N2O2. The van der Waals surface area contributed by atoms with Crippen molar-refractivity contribution in [2.75, 3.05) is 18.0 Å². The summed E-state index contributed by atoms with van der Waals surface area (Å²) in [5, 5.41) is 0. The summed E-state index contributed by atoms with van der Waals surface area (Å²) in [6, 6.07) is 10.9. The molecule has 2 heterocycles. The molecule has 1 saturated heterocycles. The van der Waals surface area contributed by atoms with Crippen LogP contribution in [-0.2, 0) is 9.59 Å². The van der Waals surface area contributed by atoms with Gasteiger partial charge in [-0.15, -0.1) is 0 Å². The number of hydrogen-bond acceptors (Lipinski definition) is 3. The Kier molecular flexibility index (Phi) is 4.03. The van der Waals surface area contributed by atoms with Gasteiger partial charge in [-0.1, -0.05) is 18.2 Å². The quantitative estimate of drug-likeness (QED) is 0.794. The van der Waals surface area contributed by atoms with Crippen LogP contribution in [0.4, 0.5) is 14.5 Å². The second-order valence-electron chi connectivity index (χ2n) is 6.35. The minimum absolute atomic E-state index is 0.189. The summed E-state index contributed by atoms with van der Waals surface area (Å²) in [4.78, 5) is 29.0. The van der Waals surface area contributed by atoms with E-state index < -0.39 is 23.4 Å². The molecule has 0 saturated carbocycles. The van der Waals surface area contributed by atoms with E-state index in [2.05, 4.69) is 0 Å². The maximum absolute atomic E-state index is 13.6. The number of nitrogens with zero attached hydrogens (tertiary/aromatic N) is 2. The van der Waals surface area contributed by atoms with Crippen molar-refractivity contribution in [3.8, 4) is 0 Å². The summed E-state index contributed by atoms with van der Waals surface area (Å²) in [6.45, 7) is 1.35. The molecule has 0 aromatic heterocycles. The molecular weight excluding hydrogens is 338 g/mol. The lowest BCUT2D eigenvalue weighted by Gasteiger charge is -2.20. The normalized spacial score (nSPS) is 17.6. The van der Waals surface area contributed by atoms with Crippen LogP contribution in [0.1, 0.15) is 18.4 Å². The van der Waals surface area contributed by atoms with E-state index in [1.54, 1.807) is 0 Å². The predicted octanol–water partition coefficient (Wildman–Crippen LogP) is 3.35. The zero-order valence-corrected chi connectivity index (χ0v) is 13.9. The van der Waals surface area contributed by atoms with Gasteiger partial charge in [-0.05, 0) is 48.7 Å². The second kappa shape index (κ2) is 6.37. The summed E-state index contributed by atoms with van der Waals surface area (Å²) >= 11 is 0. The molecule has 2 aromatic carbocycles. The lowest BCUT2D eigenvalue weighted by molar-refractivity contribution is -0.120. The van der Waals surface area contributed by atoms with Crippen molar-refractivity contribution in [1.82, 2.24) is 4.90 Å². The number of carbonyl (C=O) groups excluding carboxylic acids is 2. The Morgan fingerprint density at radius 3 is 2.15 bits per heavy atom. The van der Waals surface area contributed by atoms with Crippen molar-refractivity contribution in [2.45, 2.75) is 12.8 Å². The number of halogens is 2. The van der Waals surface area contributed by atoms with E-state index in [-0.39, 0.29) is 11.3 Å². The van der Waals surface area contributed by atoms with Crippen LogP contribution < -0.4 is 4.90 Å². The van der Waals surface area contributed by atoms with E-state index in [0.29, 0.717) is 24.4 Å². The van der Waals surface area contributed by atoms with Gasteiger partial charge in [0.2, 0.25) is 0 Å². The van der Waals surface area contributed by atoms with Crippen molar-refractivity contribution >= 4 is 23.1 Å². The van der Waals surface area contributed by atoms with Gasteiger partial charge in [0.05, 0.1) is 11.3 Å². The van der Waals surface area contributed by atoms with Crippen LogP contribution >= 0.6 is 0 Å². The SMILES string of the molecule is O=C1C(c2ccc(F)cc2)=C(N2CCCC2)C(=O)N1c1cccc(F)c1. The molecule has 1 fully saturated rings. The number of anilines is 1. The zero-order chi connectivity index (χ0) is 18.3. The number of imide groups is 1. The average molecular weight is 354 g/mol. The number of likely N-dealkylation sites (tertiary alicyclic amines) is 1. The molecule has 2 amide bonds. The molecule has 4 nitrogen and oxygen atoms in total. The molecule has 0 aliphatic carbocycles. The smallest absolute Gasteiger partial charge is 0.282 e. The van der Waals surface area contributed by atoms with Crippen molar-refractivity contribution in [2.24, 2.45) is 0 Å². The number of hydrogen-bond donors (Lipinski definition) is 0. The van der Waals surface area contributed by atoms with Crippen LogP contribution in [0.15, 0.2) is 54.2 Å². The Labute approximate surface area is 149 Å². The van der Waals surface area contributed by atoms with Gasteiger partial charge in [-0.25, -0.2) is 13.7 Å². The first-order chi connectivity index (χ1) is 12.6. The fourth-order valence-corrected chi connectivity index (χ4v) is 3.48. The fraction of sp³-hybridized carbons (Fsp3) is 0.200. The Morgan fingerprint density at radius 1 is 0.808 bits per heavy atom. The third-order valence-electron chi connectivity index (χ3n) is 4.68. The third kappa shape index (κ3) is 2.67. The highest BCUT2D eigenvalue weighted by Gasteiger charge is 2.43. The monoisotopic (exact) mass is 354 g/mol. The van der Waals surface area contributed by atoms with Gasteiger partial charge in [-0.3, -0.25) is 9.59 Å². The van der Waals surface area contributed by atoms with Gasteiger partial charge >= 0.3 is 0 Å².